The van der Waals surface area contributed by atoms with Crippen LogP contribution in [-0.4, -0.2) is 21.3 Å². The molecule has 2 heterocycles. The van der Waals surface area contributed by atoms with Gasteiger partial charge in [0.2, 0.25) is 0 Å². The summed E-state index contributed by atoms with van der Waals surface area (Å²) in [6.07, 6.45) is 5.91. The van der Waals surface area contributed by atoms with E-state index in [9.17, 15) is 0 Å². The second kappa shape index (κ2) is 5.93. The Morgan fingerprint density at radius 1 is 1.41 bits per heavy atom. The first-order valence-corrected chi connectivity index (χ1v) is 6.71. The van der Waals surface area contributed by atoms with Gasteiger partial charge in [-0.25, -0.2) is 0 Å². The molecular formula is C12H18N4S. The summed E-state index contributed by atoms with van der Waals surface area (Å²) in [6, 6.07) is 0. The molecule has 0 unspecified atom stereocenters. The highest BCUT2D eigenvalue weighted by Crippen LogP contribution is 2.08. The maximum Gasteiger partial charge on any atom is 0.0794 e. The molecule has 0 radical (unpaired) electrons. The van der Waals surface area contributed by atoms with Crippen LogP contribution in [0.2, 0.25) is 0 Å². The van der Waals surface area contributed by atoms with Gasteiger partial charge < -0.3 is 5.32 Å². The van der Waals surface area contributed by atoms with Crippen molar-refractivity contribution < 1.29 is 0 Å². The molecule has 0 aliphatic rings. The second-order valence-corrected chi connectivity index (χ2v) is 5.51. The lowest BCUT2D eigenvalue weighted by molar-refractivity contribution is 0.552. The third-order valence-electron chi connectivity index (χ3n) is 2.37. The maximum atomic E-state index is 4.34. The van der Waals surface area contributed by atoms with E-state index in [4.69, 9.17) is 0 Å². The van der Waals surface area contributed by atoms with E-state index in [-0.39, 0.29) is 0 Å². The first-order valence-electron chi connectivity index (χ1n) is 5.83. The van der Waals surface area contributed by atoms with Gasteiger partial charge in [0.25, 0.3) is 0 Å². The Morgan fingerprint density at radius 2 is 2.29 bits per heavy atom. The molecule has 17 heavy (non-hydrogen) atoms. The number of hydrogen-bond acceptors (Lipinski definition) is 4. The molecule has 2 aromatic rings. The van der Waals surface area contributed by atoms with E-state index < -0.39 is 0 Å². The number of thiazole rings is 1. The van der Waals surface area contributed by atoms with Crippen LogP contribution in [0.15, 0.2) is 24.1 Å². The van der Waals surface area contributed by atoms with Gasteiger partial charge in [-0.1, -0.05) is 13.8 Å². The number of aromatic nitrogens is 3. The van der Waals surface area contributed by atoms with Gasteiger partial charge >= 0.3 is 0 Å². The van der Waals surface area contributed by atoms with Crippen LogP contribution >= 0.6 is 11.3 Å². The van der Waals surface area contributed by atoms with E-state index in [1.54, 1.807) is 11.3 Å². The maximum absolute atomic E-state index is 4.34. The summed E-state index contributed by atoms with van der Waals surface area (Å²) in [6.45, 7) is 7.16. The summed E-state index contributed by atoms with van der Waals surface area (Å²) in [5.41, 5.74) is 3.08. The lowest BCUT2D eigenvalue weighted by Crippen LogP contribution is -2.18. The molecule has 0 saturated heterocycles. The van der Waals surface area contributed by atoms with Crippen LogP contribution in [0.25, 0.3) is 0 Å². The summed E-state index contributed by atoms with van der Waals surface area (Å²) in [5.74, 6) is 0.683. The zero-order valence-electron chi connectivity index (χ0n) is 10.3. The molecule has 0 aliphatic heterocycles. The molecule has 0 saturated carbocycles. The molecule has 0 spiro atoms. The van der Waals surface area contributed by atoms with Gasteiger partial charge in [-0.3, -0.25) is 9.67 Å². The molecule has 92 valence electrons. The summed E-state index contributed by atoms with van der Waals surface area (Å²) < 4.78 is 1.96. The van der Waals surface area contributed by atoms with Gasteiger partial charge in [0.1, 0.15) is 0 Å². The number of nitrogens with one attached hydrogen (secondary N) is 1. The summed E-state index contributed by atoms with van der Waals surface area (Å²) in [7, 11) is 0. The Labute approximate surface area is 106 Å². The molecule has 0 aromatic carbocycles. The number of nitrogens with zero attached hydrogens (tertiary/aromatic N) is 3. The highest BCUT2D eigenvalue weighted by Gasteiger charge is 2.01. The van der Waals surface area contributed by atoms with Crippen LogP contribution in [0, 0.1) is 5.92 Å². The van der Waals surface area contributed by atoms with Crippen molar-refractivity contribution in [3.63, 3.8) is 0 Å². The van der Waals surface area contributed by atoms with Gasteiger partial charge in [0.05, 0.1) is 18.3 Å². The van der Waals surface area contributed by atoms with Crippen molar-refractivity contribution >= 4 is 11.3 Å². The normalized spacial score (nSPS) is 11.2. The monoisotopic (exact) mass is 250 g/mol. The van der Waals surface area contributed by atoms with E-state index in [2.05, 4.69) is 35.4 Å². The molecule has 2 rings (SSSR count). The minimum absolute atomic E-state index is 0.683. The molecule has 0 atom stereocenters. The van der Waals surface area contributed by atoms with E-state index >= 15 is 0 Å². The first kappa shape index (κ1) is 12.3. The van der Waals surface area contributed by atoms with Crippen LogP contribution in [0.5, 0.6) is 0 Å². The molecule has 0 bridgehead atoms. The molecule has 4 nitrogen and oxygen atoms in total. The van der Waals surface area contributed by atoms with Crippen molar-refractivity contribution in [1.82, 2.24) is 20.1 Å². The van der Waals surface area contributed by atoms with E-state index in [1.165, 1.54) is 10.4 Å². The van der Waals surface area contributed by atoms with Crippen LogP contribution in [0.1, 0.15) is 24.3 Å². The van der Waals surface area contributed by atoms with Crippen LogP contribution < -0.4 is 5.32 Å². The third-order valence-corrected chi connectivity index (χ3v) is 3.13. The Balaban J connectivity index is 1.83. The molecular weight excluding hydrogens is 232 g/mol. The highest BCUT2D eigenvalue weighted by atomic mass is 32.1. The molecule has 0 fully saturated rings. The fourth-order valence-corrected chi connectivity index (χ4v) is 2.15. The largest absolute Gasteiger partial charge is 0.312 e. The number of rotatable bonds is 6. The summed E-state index contributed by atoms with van der Waals surface area (Å²) >= 11 is 1.66. The van der Waals surface area contributed by atoms with Crippen molar-refractivity contribution in [2.24, 2.45) is 5.92 Å². The second-order valence-electron chi connectivity index (χ2n) is 4.54. The van der Waals surface area contributed by atoms with Crippen LogP contribution in [0.4, 0.5) is 0 Å². The fraction of sp³-hybridized carbons (Fsp3) is 0.500. The number of hydrogen-bond donors (Lipinski definition) is 1. The predicted molar refractivity (Wildman–Crippen MR) is 70.0 cm³/mol. The lowest BCUT2D eigenvalue weighted by Gasteiger charge is -2.05. The Bertz CT molecular complexity index is 433. The molecule has 2 aromatic heterocycles. The van der Waals surface area contributed by atoms with E-state index in [0.29, 0.717) is 5.92 Å². The fourth-order valence-electron chi connectivity index (χ4n) is 1.57. The van der Waals surface area contributed by atoms with E-state index in [1.807, 2.05) is 22.6 Å². The third kappa shape index (κ3) is 3.94. The first-order chi connectivity index (χ1) is 8.24. The van der Waals surface area contributed by atoms with E-state index in [0.717, 1.165) is 19.6 Å². The van der Waals surface area contributed by atoms with Gasteiger partial charge in [0, 0.05) is 29.4 Å². The zero-order chi connectivity index (χ0) is 12.1. The van der Waals surface area contributed by atoms with Crippen molar-refractivity contribution in [1.29, 1.82) is 0 Å². The minimum Gasteiger partial charge on any atom is -0.312 e. The van der Waals surface area contributed by atoms with Crippen molar-refractivity contribution in [3.05, 3.63) is 34.5 Å². The lowest BCUT2D eigenvalue weighted by atomic mass is 10.2. The molecule has 0 aliphatic carbocycles. The molecule has 0 amide bonds. The van der Waals surface area contributed by atoms with Crippen molar-refractivity contribution in [2.45, 2.75) is 26.9 Å². The van der Waals surface area contributed by atoms with Gasteiger partial charge in [-0.2, -0.15) is 5.10 Å². The predicted octanol–water partition coefficient (Wildman–Crippen LogP) is 2.13. The van der Waals surface area contributed by atoms with Gasteiger partial charge in [-0.05, 0) is 12.5 Å². The average molecular weight is 250 g/mol. The highest BCUT2D eigenvalue weighted by molar-refractivity contribution is 7.09. The quantitative estimate of drug-likeness (QED) is 0.854. The zero-order valence-corrected chi connectivity index (χ0v) is 11.1. The van der Waals surface area contributed by atoms with Crippen molar-refractivity contribution in [3.8, 4) is 0 Å². The standard InChI is InChI=1S/C12H18N4S/c1-10(2)3-13-4-11-5-15-16(7-11)8-12-6-14-9-17-12/h5-7,9-10,13H,3-4,8H2,1-2H3. The summed E-state index contributed by atoms with van der Waals surface area (Å²) in [5, 5.41) is 7.75. The Hall–Kier alpha value is -1.20. The smallest absolute Gasteiger partial charge is 0.0794 e. The minimum atomic E-state index is 0.683. The summed E-state index contributed by atoms with van der Waals surface area (Å²) in [4.78, 5) is 5.29. The average Bonchev–Trinajstić information content (AvgIpc) is 2.90. The SMILES string of the molecule is CC(C)CNCc1cnn(Cc2cncs2)c1. The van der Waals surface area contributed by atoms with Crippen LogP contribution in [-0.2, 0) is 13.1 Å². The van der Waals surface area contributed by atoms with Gasteiger partial charge in [0.15, 0.2) is 0 Å². The Kier molecular flexibility index (Phi) is 4.28. The Morgan fingerprint density at radius 3 is 3.00 bits per heavy atom. The molecule has 5 heteroatoms. The van der Waals surface area contributed by atoms with Crippen molar-refractivity contribution in [2.75, 3.05) is 6.54 Å². The van der Waals surface area contributed by atoms with Crippen LogP contribution in [0.3, 0.4) is 0 Å². The topological polar surface area (TPSA) is 42.7 Å². The van der Waals surface area contributed by atoms with Gasteiger partial charge in [-0.15, -0.1) is 11.3 Å². The molecule has 1 N–H and O–H groups in total.